The highest BCUT2D eigenvalue weighted by molar-refractivity contribution is 6.00. The summed E-state index contributed by atoms with van der Waals surface area (Å²) in [5.41, 5.74) is 1.34. The van der Waals surface area contributed by atoms with Crippen molar-refractivity contribution in [2.24, 2.45) is 0 Å². The zero-order valence-electron chi connectivity index (χ0n) is 17.9. The van der Waals surface area contributed by atoms with Gasteiger partial charge in [-0.2, -0.15) is 5.26 Å². The minimum absolute atomic E-state index is 0.278. The van der Waals surface area contributed by atoms with E-state index in [2.05, 4.69) is 16.7 Å². The number of nitrogens with zero attached hydrogens (tertiary/aromatic N) is 1. The summed E-state index contributed by atoms with van der Waals surface area (Å²) in [4.78, 5) is 26.2. The molecule has 7 heteroatoms. The fraction of sp³-hybridized carbons (Fsp3) is 0.320. The van der Waals surface area contributed by atoms with Crippen molar-refractivity contribution in [2.75, 3.05) is 13.2 Å². The number of hydrogen-bond acceptors (Lipinski definition) is 5. The van der Waals surface area contributed by atoms with Gasteiger partial charge in [0.25, 0.3) is 5.91 Å². The van der Waals surface area contributed by atoms with Crippen LogP contribution in [0.25, 0.3) is 0 Å². The van der Waals surface area contributed by atoms with Crippen LogP contribution in [0.3, 0.4) is 0 Å². The zero-order valence-corrected chi connectivity index (χ0v) is 17.9. The van der Waals surface area contributed by atoms with Crippen molar-refractivity contribution >= 4 is 11.8 Å². The van der Waals surface area contributed by atoms with Crippen molar-refractivity contribution < 1.29 is 19.1 Å². The number of ether oxygens (including phenoxy) is 2. The van der Waals surface area contributed by atoms with Crippen LogP contribution in [0.15, 0.2) is 54.6 Å². The van der Waals surface area contributed by atoms with Crippen molar-refractivity contribution in [2.45, 2.75) is 37.8 Å². The van der Waals surface area contributed by atoms with Gasteiger partial charge < -0.3 is 20.1 Å². The minimum atomic E-state index is -0.847. The highest BCUT2D eigenvalue weighted by Gasteiger charge is 2.45. The van der Waals surface area contributed by atoms with Gasteiger partial charge in [-0.25, -0.2) is 0 Å². The molecule has 5 rings (SSSR count). The molecule has 2 amide bonds. The van der Waals surface area contributed by atoms with E-state index in [1.807, 2.05) is 37.3 Å². The van der Waals surface area contributed by atoms with E-state index in [9.17, 15) is 14.9 Å². The first-order valence-corrected chi connectivity index (χ1v) is 10.6. The molecule has 2 aromatic carbocycles. The predicted octanol–water partition coefficient (Wildman–Crippen LogP) is 2.84. The van der Waals surface area contributed by atoms with E-state index < -0.39 is 17.5 Å². The Kier molecular flexibility index (Phi) is 6.13. The molecule has 1 fully saturated rings. The van der Waals surface area contributed by atoms with Crippen molar-refractivity contribution in [3.05, 3.63) is 71.3 Å². The van der Waals surface area contributed by atoms with Crippen LogP contribution >= 0.6 is 0 Å². The molecule has 2 N–H and O–H groups in total. The Morgan fingerprint density at radius 1 is 1.12 bits per heavy atom. The Morgan fingerprint density at radius 2 is 1.84 bits per heavy atom. The molecule has 164 valence electrons. The number of rotatable bonds is 2. The Balaban J connectivity index is 1.65. The summed E-state index contributed by atoms with van der Waals surface area (Å²) < 4.78 is 11.6. The Bertz CT molecular complexity index is 1100. The molecule has 3 aliphatic rings. The van der Waals surface area contributed by atoms with Gasteiger partial charge in [0.2, 0.25) is 5.91 Å². The second kappa shape index (κ2) is 9.15. The summed E-state index contributed by atoms with van der Waals surface area (Å²) in [5, 5.41) is 15.0. The fourth-order valence-electron chi connectivity index (χ4n) is 3.59. The van der Waals surface area contributed by atoms with Crippen LogP contribution in [0.2, 0.25) is 0 Å². The molecule has 7 nitrogen and oxygen atoms in total. The molecule has 0 spiro atoms. The third kappa shape index (κ3) is 4.92. The van der Waals surface area contributed by atoms with Crippen LogP contribution in [-0.2, 0) is 11.2 Å². The largest absolute Gasteiger partial charge is 0.489 e. The lowest BCUT2D eigenvalue weighted by molar-refractivity contribution is -0.123. The maximum absolute atomic E-state index is 13.1. The quantitative estimate of drug-likeness (QED) is 0.713. The summed E-state index contributed by atoms with van der Waals surface area (Å²) >= 11 is 0. The molecule has 0 aromatic heterocycles. The van der Waals surface area contributed by atoms with Crippen LogP contribution in [0.1, 0.15) is 34.3 Å². The lowest BCUT2D eigenvalue weighted by Crippen LogP contribution is -2.51. The van der Waals surface area contributed by atoms with Crippen LogP contribution < -0.4 is 20.1 Å². The minimum Gasteiger partial charge on any atom is -0.489 e. The summed E-state index contributed by atoms with van der Waals surface area (Å²) in [7, 11) is 0. The number of amides is 2. The molecule has 1 saturated carbocycles. The molecule has 2 aliphatic heterocycles. The van der Waals surface area contributed by atoms with Gasteiger partial charge in [-0.3, -0.25) is 9.59 Å². The molecule has 32 heavy (non-hydrogen) atoms. The summed E-state index contributed by atoms with van der Waals surface area (Å²) in [6.07, 6.45) is 5.21. The first-order valence-electron chi connectivity index (χ1n) is 10.6. The molecule has 2 heterocycles. The van der Waals surface area contributed by atoms with Gasteiger partial charge in [0.1, 0.15) is 36.3 Å². The number of fused-ring (bicyclic) bond motifs is 9. The Morgan fingerprint density at radius 3 is 2.53 bits per heavy atom. The number of carbonyl (C=O) groups is 2. The molecular formula is C25H25N3O4. The molecule has 0 radical (unpaired) electrons. The number of nitrogens with one attached hydrogen (secondary N) is 2. The average molecular weight is 431 g/mol. The number of nitriles is 1. The van der Waals surface area contributed by atoms with Gasteiger partial charge in [0.15, 0.2) is 0 Å². The van der Waals surface area contributed by atoms with Crippen molar-refractivity contribution in [1.82, 2.24) is 10.6 Å². The van der Waals surface area contributed by atoms with E-state index in [-0.39, 0.29) is 18.9 Å². The van der Waals surface area contributed by atoms with Gasteiger partial charge in [0.05, 0.1) is 11.6 Å². The van der Waals surface area contributed by atoms with Gasteiger partial charge in [-0.05, 0) is 61.2 Å². The topological polar surface area (TPSA) is 100 Å². The maximum atomic E-state index is 13.1. The van der Waals surface area contributed by atoms with Crippen LogP contribution in [0.5, 0.6) is 11.5 Å². The third-order valence-corrected chi connectivity index (χ3v) is 5.60. The van der Waals surface area contributed by atoms with E-state index in [1.54, 1.807) is 24.3 Å². The third-order valence-electron chi connectivity index (χ3n) is 5.60. The first kappa shape index (κ1) is 21.4. The lowest BCUT2D eigenvalue weighted by atomic mass is 10.0. The van der Waals surface area contributed by atoms with E-state index in [0.717, 1.165) is 16.9 Å². The van der Waals surface area contributed by atoms with E-state index in [0.29, 0.717) is 30.8 Å². The zero-order chi connectivity index (χ0) is 22.6. The number of hydrogen-bond donors (Lipinski definition) is 2. The van der Waals surface area contributed by atoms with Crippen molar-refractivity contribution in [3.63, 3.8) is 0 Å². The van der Waals surface area contributed by atoms with Crippen molar-refractivity contribution in [3.8, 4) is 17.6 Å². The average Bonchev–Trinajstić information content (AvgIpc) is 3.56. The smallest absolute Gasteiger partial charge is 0.255 e. The predicted molar refractivity (Wildman–Crippen MR) is 118 cm³/mol. The summed E-state index contributed by atoms with van der Waals surface area (Å²) in [6, 6.07) is 13.9. The van der Waals surface area contributed by atoms with E-state index in [4.69, 9.17) is 9.47 Å². The molecule has 1 atom stereocenters. The van der Waals surface area contributed by atoms with Crippen LogP contribution in [-0.4, -0.2) is 36.6 Å². The Hall–Kier alpha value is -3.79. The SMILES string of the molecule is Cc1cc2ccc1OC/C=C/COc1ccccc1C(=O)N[C@H](C(=O)NC1(C#N)CC1)C2. The number of para-hydroxylation sites is 1. The molecule has 2 aromatic rings. The molecular weight excluding hydrogens is 406 g/mol. The normalized spacial score (nSPS) is 20.5. The number of aryl methyl sites for hydroxylation is 1. The second-order valence-corrected chi connectivity index (χ2v) is 8.10. The molecule has 0 unspecified atom stereocenters. The van der Waals surface area contributed by atoms with Crippen molar-refractivity contribution in [1.29, 1.82) is 5.26 Å². The standard InChI is InChI=1S/C25H25N3O4/c1-17-14-18-8-9-21(17)31-12-4-5-13-32-22-7-3-2-6-19(22)23(29)27-20(15-18)24(30)28-25(16-26)10-11-25/h2-9,14,20H,10-13,15H2,1H3,(H,27,29)(H,28,30)/b5-4+/t20-/m0/s1. The van der Waals surface area contributed by atoms with Gasteiger partial charge in [0, 0.05) is 6.42 Å². The van der Waals surface area contributed by atoms with E-state index in [1.165, 1.54) is 0 Å². The highest BCUT2D eigenvalue weighted by Crippen LogP contribution is 2.34. The monoisotopic (exact) mass is 431 g/mol. The second-order valence-electron chi connectivity index (χ2n) is 8.10. The van der Waals surface area contributed by atoms with Gasteiger partial charge >= 0.3 is 0 Å². The van der Waals surface area contributed by atoms with Gasteiger partial charge in [-0.1, -0.05) is 24.3 Å². The fourth-order valence-corrected chi connectivity index (χ4v) is 3.59. The lowest BCUT2D eigenvalue weighted by Gasteiger charge is -2.21. The summed E-state index contributed by atoms with van der Waals surface area (Å²) in [6.45, 7) is 2.61. The van der Waals surface area contributed by atoms with Gasteiger partial charge in [-0.15, -0.1) is 0 Å². The maximum Gasteiger partial charge on any atom is 0.255 e. The molecule has 2 bridgehead atoms. The first-order chi connectivity index (χ1) is 15.5. The number of benzene rings is 2. The highest BCUT2D eigenvalue weighted by atomic mass is 16.5. The van der Waals surface area contributed by atoms with Crippen LogP contribution in [0.4, 0.5) is 0 Å². The Labute approximate surface area is 187 Å². The molecule has 1 aliphatic carbocycles. The number of carbonyl (C=O) groups excluding carboxylic acids is 2. The van der Waals surface area contributed by atoms with E-state index >= 15 is 0 Å². The molecule has 0 saturated heterocycles. The van der Waals surface area contributed by atoms with Crippen LogP contribution in [0, 0.1) is 18.3 Å². The summed E-state index contributed by atoms with van der Waals surface area (Å²) in [5.74, 6) is 0.396.